The number of benzene rings is 1. The summed E-state index contributed by atoms with van der Waals surface area (Å²) in [5.41, 5.74) is 1.43. The van der Waals surface area contributed by atoms with Crippen molar-refractivity contribution in [2.24, 2.45) is 0 Å². The Morgan fingerprint density at radius 1 is 1.50 bits per heavy atom. The number of Topliss-reactive ketones (excluding diaryl/α,β-unsaturated/α-hetero) is 1. The van der Waals surface area contributed by atoms with Gasteiger partial charge in [-0.05, 0) is 12.1 Å². The highest BCUT2D eigenvalue weighted by atomic mass is 79.9. The summed E-state index contributed by atoms with van der Waals surface area (Å²) in [5, 5.41) is 2.57. The van der Waals surface area contributed by atoms with Crippen molar-refractivity contribution in [3.8, 4) is 10.6 Å². The number of aromatic nitrogens is 1. The second-order valence-electron chi connectivity index (χ2n) is 3.11. The van der Waals surface area contributed by atoms with E-state index in [-0.39, 0.29) is 11.7 Å². The molecule has 0 N–H and O–H groups in total. The largest absolute Gasteiger partial charge is 0.291 e. The molecular weight excluding hydrogens is 310 g/mol. The van der Waals surface area contributed by atoms with Gasteiger partial charge in [-0.25, -0.2) is 4.98 Å². The van der Waals surface area contributed by atoms with E-state index in [2.05, 4.69) is 20.9 Å². The minimum atomic E-state index is -0.140. The number of hydrogen-bond donors (Lipinski definition) is 0. The maximum absolute atomic E-state index is 11.3. The first-order valence-corrected chi connectivity index (χ1v) is 6.72. The second-order valence-corrected chi connectivity index (χ2v) is 5.15. The highest BCUT2D eigenvalue weighted by molar-refractivity contribution is 9.10. The van der Waals surface area contributed by atoms with Crippen molar-refractivity contribution in [2.45, 2.75) is 0 Å². The Morgan fingerprint density at radius 2 is 2.31 bits per heavy atom. The predicted molar refractivity (Wildman–Crippen MR) is 70.3 cm³/mol. The van der Waals surface area contributed by atoms with Crippen LogP contribution in [0.15, 0.2) is 34.1 Å². The summed E-state index contributed by atoms with van der Waals surface area (Å²) >= 11 is 10.3. The molecule has 2 aromatic rings. The van der Waals surface area contributed by atoms with Crippen LogP contribution < -0.4 is 0 Å². The highest BCUT2D eigenvalue weighted by Crippen LogP contribution is 2.26. The van der Waals surface area contributed by atoms with Gasteiger partial charge in [0.05, 0.1) is 5.88 Å². The molecule has 2 nitrogen and oxygen atoms in total. The second kappa shape index (κ2) is 5.08. The molecule has 0 saturated heterocycles. The summed E-state index contributed by atoms with van der Waals surface area (Å²) in [4.78, 5) is 15.6. The summed E-state index contributed by atoms with van der Waals surface area (Å²) in [6.45, 7) is 0. The molecule has 2 rings (SSSR count). The number of alkyl halides is 1. The van der Waals surface area contributed by atoms with Crippen molar-refractivity contribution in [1.29, 1.82) is 0 Å². The summed E-state index contributed by atoms with van der Waals surface area (Å²) in [6.07, 6.45) is 0. The van der Waals surface area contributed by atoms with Gasteiger partial charge >= 0.3 is 0 Å². The topological polar surface area (TPSA) is 30.0 Å². The zero-order valence-corrected chi connectivity index (χ0v) is 11.3. The number of hydrogen-bond acceptors (Lipinski definition) is 3. The molecule has 0 atom stereocenters. The highest BCUT2D eigenvalue weighted by Gasteiger charge is 2.10. The molecule has 0 fully saturated rings. The molecule has 0 aliphatic rings. The first kappa shape index (κ1) is 11.8. The van der Waals surface area contributed by atoms with Gasteiger partial charge < -0.3 is 0 Å². The average molecular weight is 317 g/mol. The van der Waals surface area contributed by atoms with Crippen molar-refractivity contribution >= 4 is 44.7 Å². The van der Waals surface area contributed by atoms with Crippen LogP contribution in [-0.2, 0) is 0 Å². The van der Waals surface area contributed by atoms with E-state index in [4.69, 9.17) is 11.6 Å². The molecule has 0 amide bonds. The van der Waals surface area contributed by atoms with E-state index in [0.717, 1.165) is 15.0 Å². The van der Waals surface area contributed by atoms with Crippen LogP contribution in [0, 0.1) is 0 Å². The van der Waals surface area contributed by atoms with E-state index in [1.165, 1.54) is 11.3 Å². The lowest BCUT2D eigenvalue weighted by atomic mass is 10.2. The fourth-order valence-corrected chi connectivity index (χ4v) is 2.58. The third-order valence-electron chi connectivity index (χ3n) is 1.98. The van der Waals surface area contributed by atoms with Gasteiger partial charge in [0.25, 0.3) is 0 Å². The van der Waals surface area contributed by atoms with Crippen LogP contribution >= 0.6 is 38.9 Å². The molecule has 0 unspecified atom stereocenters. The Bertz CT molecular complexity index is 526. The SMILES string of the molecule is O=C(CCl)c1csc(-c2cccc(Br)c2)n1. The Kier molecular flexibility index (Phi) is 3.74. The van der Waals surface area contributed by atoms with E-state index >= 15 is 0 Å². The number of nitrogens with zero attached hydrogens (tertiary/aromatic N) is 1. The molecule has 16 heavy (non-hydrogen) atoms. The van der Waals surface area contributed by atoms with E-state index in [0.29, 0.717) is 5.69 Å². The van der Waals surface area contributed by atoms with Gasteiger partial charge in [0.15, 0.2) is 5.78 Å². The molecule has 0 spiro atoms. The van der Waals surface area contributed by atoms with Crippen LogP contribution in [0.5, 0.6) is 0 Å². The van der Waals surface area contributed by atoms with Crippen LogP contribution in [0.1, 0.15) is 10.5 Å². The van der Waals surface area contributed by atoms with Crippen LogP contribution in [0.4, 0.5) is 0 Å². The van der Waals surface area contributed by atoms with Crippen LogP contribution in [-0.4, -0.2) is 16.6 Å². The number of halogens is 2. The van der Waals surface area contributed by atoms with Crippen molar-refractivity contribution in [1.82, 2.24) is 4.98 Å². The van der Waals surface area contributed by atoms with Gasteiger partial charge in [0, 0.05) is 15.4 Å². The number of carbonyl (C=O) groups excluding carboxylic acids is 1. The van der Waals surface area contributed by atoms with Crippen molar-refractivity contribution in [3.63, 3.8) is 0 Å². The van der Waals surface area contributed by atoms with Crippen molar-refractivity contribution < 1.29 is 4.79 Å². The lowest BCUT2D eigenvalue weighted by Crippen LogP contribution is -1.99. The first-order valence-electron chi connectivity index (χ1n) is 4.51. The molecule has 82 valence electrons. The molecule has 1 heterocycles. The maximum atomic E-state index is 11.3. The Morgan fingerprint density at radius 3 is 3.00 bits per heavy atom. The quantitative estimate of drug-likeness (QED) is 0.633. The Labute approximate surface area is 110 Å². The molecule has 0 aliphatic heterocycles. The molecule has 0 radical (unpaired) electrons. The van der Waals surface area contributed by atoms with Gasteiger partial charge in [0.2, 0.25) is 0 Å². The monoisotopic (exact) mass is 315 g/mol. The summed E-state index contributed by atoms with van der Waals surface area (Å²) in [7, 11) is 0. The molecule has 1 aromatic heterocycles. The maximum Gasteiger partial charge on any atom is 0.196 e. The summed E-state index contributed by atoms with van der Waals surface area (Å²) in [6, 6.07) is 7.80. The summed E-state index contributed by atoms with van der Waals surface area (Å²) in [5.74, 6) is -0.166. The molecular formula is C11H7BrClNOS. The smallest absolute Gasteiger partial charge is 0.196 e. The summed E-state index contributed by atoms with van der Waals surface area (Å²) < 4.78 is 0.991. The zero-order valence-electron chi connectivity index (χ0n) is 8.11. The Balaban J connectivity index is 2.35. The molecule has 0 saturated carbocycles. The third-order valence-corrected chi connectivity index (χ3v) is 3.61. The van der Waals surface area contributed by atoms with Gasteiger partial charge in [0.1, 0.15) is 10.7 Å². The van der Waals surface area contributed by atoms with Gasteiger partial charge in [-0.1, -0.05) is 28.1 Å². The molecule has 0 aliphatic carbocycles. The zero-order chi connectivity index (χ0) is 11.5. The van der Waals surface area contributed by atoms with Gasteiger partial charge in [-0.2, -0.15) is 0 Å². The number of carbonyl (C=O) groups is 1. The lowest BCUT2D eigenvalue weighted by molar-refractivity contribution is 0.101. The van der Waals surface area contributed by atoms with E-state index in [1.807, 2.05) is 24.3 Å². The normalized spacial score (nSPS) is 10.4. The molecule has 5 heteroatoms. The fourth-order valence-electron chi connectivity index (χ4n) is 1.22. The average Bonchev–Trinajstić information content (AvgIpc) is 2.77. The van der Waals surface area contributed by atoms with E-state index < -0.39 is 0 Å². The minimum absolute atomic E-state index is 0.0261. The lowest BCUT2D eigenvalue weighted by Gasteiger charge is -1.96. The van der Waals surface area contributed by atoms with Crippen LogP contribution in [0.2, 0.25) is 0 Å². The fraction of sp³-hybridized carbons (Fsp3) is 0.0909. The third kappa shape index (κ3) is 2.51. The van der Waals surface area contributed by atoms with E-state index in [9.17, 15) is 4.79 Å². The van der Waals surface area contributed by atoms with Crippen LogP contribution in [0.25, 0.3) is 10.6 Å². The number of thiazole rings is 1. The Hall–Kier alpha value is -0.710. The minimum Gasteiger partial charge on any atom is -0.291 e. The predicted octanol–water partition coefficient (Wildman–Crippen LogP) is 3.99. The van der Waals surface area contributed by atoms with Crippen molar-refractivity contribution in [3.05, 3.63) is 39.8 Å². The van der Waals surface area contributed by atoms with Crippen LogP contribution in [0.3, 0.4) is 0 Å². The number of ketones is 1. The van der Waals surface area contributed by atoms with Gasteiger partial charge in [-0.15, -0.1) is 22.9 Å². The standard InChI is InChI=1S/C11H7BrClNOS/c12-8-3-1-2-7(4-8)11-14-9(6-16-11)10(15)5-13/h1-4,6H,5H2. The number of rotatable bonds is 3. The van der Waals surface area contributed by atoms with E-state index in [1.54, 1.807) is 5.38 Å². The molecule has 1 aromatic carbocycles. The van der Waals surface area contributed by atoms with Crippen molar-refractivity contribution in [2.75, 3.05) is 5.88 Å². The van der Waals surface area contributed by atoms with Gasteiger partial charge in [-0.3, -0.25) is 4.79 Å². The molecule has 0 bridgehead atoms. The first-order chi connectivity index (χ1) is 7.70.